The minimum Gasteiger partial charge on any atom is -0.505 e. The van der Waals surface area contributed by atoms with Crippen LogP contribution in [-0.4, -0.2) is 33.0 Å². The van der Waals surface area contributed by atoms with Crippen molar-refractivity contribution in [3.63, 3.8) is 0 Å². The topological polar surface area (TPSA) is 55.8 Å². The van der Waals surface area contributed by atoms with E-state index < -0.39 is 17.4 Å². The smallest absolute Gasteiger partial charge is 0.221 e. The number of carbonyl (C=O) groups excluding carboxylic acids is 1. The molecule has 3 aromatic carbocycles. The standard InChI is InChI=1S/C31H35F2N3O2/c1-6-20(3)36(22(5)37)30-16-24-9-7-8-10-25(24)18-35(30)21(4)23-12-11-19(2)28(15-23)34-17-26-27(32)13-14-29(38)31(26)33/h7-15,20,30,34,38H,4,6,16-18H2,1-3,5H3. The maximum Gasteiger partial charge on any atom is 0.221 e. The maximum atomic E-state index is 14.3. The van der Waals surface area contributed by atoms with E-state index in [9.17, 15) is 18.7 Å². The fourth-order valence-electron chi connectivity index (χ4n) is 5.13. The van der Waals surface area contributed by atoms with E-state index in [0.717, 1.165) is 35.4 Å². The second-order valence-electron chi connectivity index (χ2n) is 9.95. The third kappa shape index (κ3) is 5.37. The Morgan fingerprint density at radius 3 is 2.58 bits per heavy atom. The number of aryl methyl sites for hydroxylation is 1. The molecule has 1 aliphatic rings. The lowest BCUT2D eigenvalue weighted by molar-refractivity contribution is -0.137. The van der Waals surface area contributed by atoms with Crippen LogP contribution in [0.25, 0.3) is 5.70 Å². The molecule has 5 nitrogen and oxygen atoms in total. The Kier molecular flexibility index (Phi) is 8.05. The van der Waals surface area contributed by atoms with Crippen LogP contribution in [-0.2, 0) is 24.3 Å². The van der Waals surface area contributed by atoms with E-state index in [0.29, 0.717) is 18.7 Å². The van der Waals surface area contributed by atoms with Crippen LogP contribution in [0.15, 0.2) is 61.2 Å². The molecule has 1 amide bonds. The van der Waals surface area contributed by atoms with Crippen LogP contribution in [0.1, 0.15) is 55.0 Å². The third-order valence-electron chi connectivity index (χ3n) is 7.51. The van der Waals surface area contributed by atoms with E-state index in [4.69, 9.17) is 0 Å². The zero-order chi connectivity index (χ0) is 27.6. The summed E-state index contributed by atoms with van der Waals surface area (Å²) in [5.41, 5.74) is 5.38. The van der Waals surface area contributed by atoms with Crippen molar-refractivity contribution < 1.29 is 18.7 Å². The zero-order valence-corrected chi connectivity index (χ0v) is 22.4. The minimum absolute atomic E-state index is 0.0166. The van der Waals surface area contributed by atoms with Gasteiger partial charge in [-0.05, 0) is 60.7 Å². The Bertz CT molecular complexity index is 1360. The van der Waals surface area contributed by atoms with Crippen molar-refractivity contribution in [2.45, 2.75) is 65.8 Å². The zero-order valence-electron chi connectivity index (χ0n) is 22.4. The summed E-state index contributed by atoms with van der Waals surface area (Å²) in [7, 11) is 0. The molecule has 0 fully saturated rings. The van der Waals surface area contributed by atoms with Gasteiger partial charge in [0, 0.05) is 49.4 Å². The first-order valence-corrected chi connectivity index (χ1v) is 12.9. The first-order valence-electron chi connectivity index (χ1n) is 12.9. The van der Waals surface area contributed by atoms with Gasteiger partial charge in [-0.3, -0.25) is 4.79 Å². The molecular weight excluding hydrogens is 484 g/mol. The second kappa shape index (κ2) is 11.3. The number of hydrogen-bond donors (Lipinski definition) is 2. The molecule has 3 aromatic rings. The molecule has 2 atom stereocenters. The molecule has 1 heterocycles. The molecule has 4 rings (SSSR count). The van der Waals surface area contributed by atoms with E-state index in [1.165, 1.54) is 11.1 Å². The van der Waals surface area contributed by atoms with Crippen LogP contribution in [0.5, 0.6) is 5.75 Å². The lowest BCUT2D eigenvalue weighted by Crippen LogP contribution is -2.55. The molecule has 0 radical (unpaired) electrons. The van der Waals surface area contributed by atoms with Gasteiger partial charge in [0.05, 0.1) is 0 Å². The number of phenols is 1. The van der Waals surface area contributed by atoms with Gasteiger partial charge in [0.2, 0.25) is 5.91 Å². The van der Waals surface area contributed by atoms with Crippen LogP contribution in [0.2, 0.25) is 0 Å². The molecule has 1 aliphatic heterocycles. The Morgan fingerprint density at radius 1 is 1.18 bits per heavy atom. The quantitative estimate of drug-likeness (QED) is 0.352. The fourth-order valence-corrected chi connectivity index (χ4v) is 5.13. The Labute approximate surface area is 223 Å². The summed E-state index contributed by atoms with van der Waals surface area (Å²) in [5.74, 6) is -2.27. The van der Waals surface area contributed by atoms with Gasteiger partial charge in [-0.1, -0.05) is 49.9 Å². The highest BCUT2D eigenvalue weighted by Gasteiger charge is 2.35. The number of fused-ring (bicyclic) bond motifs is 1. The number of rotatable bonds is 8. The molecular formula is C31H35F2N3O2. The van der Waals surface area contributed by atoms with Crippen LogP contribution >= 0.6 is 0 Å². The monoisotopic (exact) mass is 519 g/mol. The summed E-state index contributed by atoms with van der Waals surface area (Å²) < 4.78 is 28.6. The van der Waals surface area contributed by atoms with Gasteiger partial charge in [0.15, 0.2) is 11.6 Å². The summed E-state index contributed by atoms with van der Waals surface area (Å²) in [6, 6.07) is 16.2. The lowest BCUT2D eigenvalue weighted by atomic mass is 9.94. The number of carbonyl (C=O) groups is 1. The average Bonchev–Trinajstić information content (AvgIpc) is 2.90. The molecule has 0 saturated heterocycles. The molecule has 0 spiro atoms. The fraction of sp³-hybridized carbons (Fsp3) is 0.323. The number of anilines is 1. The largest absolute Gasteiger partial charge is 0.505 e. The number of halogens is 2. The Morgan fingerprint density at radius 2 is 1.89 bits per heavy atom. The molecule has 200 valence electrons. The normalized spacial score (nSPS) is 15.5. The highest BCUT2D eigenvalue weighted by atomic mass is 19.1. The molecule has 0 bridgehead atoms. The summed E-state index contributed by atoms with van der Waals surface area (Å²) in [5, 5.41) is 12.8. The summed E-state index contributed by atoms with van der Waals surface area (Å²) in [6.45, 7) is 12.6. The van der Waals surface area contributed by atoms with Crippen molar-refractivity contribution in [2.24, 2.45) is 0 Å². The van der Waals surface area contributed by atoms with Crippen molar-refractivity contribution in [3.8, 4) is 5.75 Å². The van der Waals surface area contributed by atoms with Gasteiger partial charge in [0.25, 0.3) is 0 Å². The maximum absolute atomic E-state index is 14.3. The van der Waals surface area contributed by atoms with E-state index in [1.807, 2.05) is 42.2 Å². The van der Waals surface area contributed by atoms with Crippen LogP contribution < -0.4 is 5.32 Å². The molecule has 0 saturated carbocycles. The Hall–Kier alpha value is -3.87. The van der Waals surface area contributed by atoms with Crippen molar-refractivity contribution >= 4 is 17.3 Å². The molecule has 2 unspecified atom stereocenters. The predicted octanol–water partition coefficient (Wildman–Crippen LogP) is 6.59. The lowest BCUT2D eigenvalue weighted by Gasteiger charge is -2.47. The molecule has 2 N–H and O–H groups in total. The highest BCUT2D eigenvalue weighted by Crippen LogP contribution is 2.34. The van der Waals surface area contributed by atoms with Crippen LogP contribution in [0, 0.1) is 18.6 Å². The number of nitrogens with one attached hydrogen (secondary N) is 1. The van der Waals surface area contributed by atoms with Crippen LogP contribution in [0.4, 0.5) is 14.5 Å². The molecule has 0 aromatic heterocycles. The summed E-state index contributed by atoms with van der Waals surface area (Å²) >= 11 is 0. The van der Waals surface area contributed by atoms with Crippen molar-refractivity contribution in [1.82, 2.24) is 9.80 Å². The summed E-state index contributed by atoms with van der Waals surface area (Å²) in [4.78, 5) is 17.0. The molecule has 38 heavy (non-hydrogen) atoms. The number of nitrogens with zero attached hydrogens (tertiary/aromatic N) is 2. The van der Waals surface area contributed by atoms with Gasteiger partial charge >= 0.3 is 0 Å². The number of amides is 1. The van der Waals surface area contributed by atoms with Crippen LogP contribution in [0.3, 0.4) is 0 Å². The third-order valence-corrected chi connectivity index (χ3v) is 7.51. The predicted molar refractivity (Wildman–Crippen MR) is 147 cm³/mol. The number of hydrogen-bond acceptors (Lipinski definition) is 4. The van der Waals surface area contributed by atoms with Gasteiger partial charge in [-0.25, -0.2) is 8.78 Å². The van der Waals surface area contributed by atoms with E-state index in [2.05, 4.69) is 42.8 Å². The SMILES string of the molecule is C=C(c1ccc(C)c(NCc2c(F)ccc(O)c2F)c1)N1Cc2ccccc2CC1N(C(C)=O)C(C)CC. The van der Waals surface area contributed by atoms with Gasteiger partial charge in [-0.2, -0.15) is 0 Å². The first-order chi connectivity index (χ1) is 18.1. The summed E-state index contributed by atoms with van der Waals surface area (Å²) in [6.07, 6.45) is 1.32. The second-order valence-corrected chi connectivity index (χ2v) is 9.95. The van der Waals surface area contributed by atoms with Gasteiger partial charge in [0.1, 0.15) is 12.0 Å². The van der Waals surface area contributed by atoms with Crippen molar-refractivity contribution in [2.75, 3.05) is 5.32 Å². The average molecular weight is 520 g/mol. The van der Waals surface area contributed by atoms with Crippen molar-refractivity contribution in [1.29, 1.82) is 0 Å². The number of aromatic hydroxyl groups is 1. The van der Waals surface area contributed by atoms with E-state index >= 15 is 0 Å². The molecule has 7 heteroatoms. The van der Waals surface area contributed by atoms with E-state index in [1.54, 1.807) is 6.92 Å². The van der Waals surface area contributed by atoms with Gasteiger partial charge < -0.3 is 20.2 Å². The van der Waals surface area contributed by atoms with Crippen molar-refractivity contribution in [3.05, 3.63) is 101 Å². The number of benzene rings is 3. The highest BCUT2D eigenvalue weighted by molar-refractivity contribution is 5.75. The number of phenolic OH excluding ortho intramolecular Hbond substituents is 1. The van der Waals surface area contributed by atoms with Gasteiger partial charge in [-0.15, -0.1) is 0 Å². The first kappa shape index (κ1) is 27.2. The minimum atomic E-state index is -0.972. The van der Waals surface area contributed by atoms with E-state index in [-0.39, 0.29) is 30.2 Å². The Balaban J connectivity index is 1.66. The molecule has 0 aliphatic carbocycles.